The summed E-state index contributed by atoms with van der Waals surface area (Å²) < 4.78 is 5.89. The van der Waals surface area contributed by atoms with Gasteiger partial charge in [0, 0.05) is 6.42 Å². The highest BCUT2D eigenvalue weighted by molar-refractivity contribution is 7.10. The van der Waals surface area contributed by atoms with E-state index in [2.05, 4.69) is 50.1 Å². The maximum absolute atomic E-state index is 5.89. The molecule has 104 valence electrons. The van der Waals surface area contributed by atoms with Crippen molar-refractivity contribution in [2.24, 2.45) is 0 Å². The van der Waals surface area contributed by atoms with Gasteiger partial charge in [0.2, 0.25) is 0 Å². The molecule has 0 fully saturated rings. The van der Waals surface area contributed by atoms with Crippen LogP contribution in [0.2, 0.25) is 0 Å². The smallest absolute Gasteiger partial charge is 0.125 e. The SMILES string of the molecule is Cc1cc(C)c(OCCCC#Cc2cccs2)c(C)c1. The van der Waals surface area contributed by atoms with E-state index in [0.717, 1.165) is 30.1 Å². The van der Waals surface area contributed by atoms with Crippen LogP contribution in [0.5, 0.6) is 5.75 Å². The highest BCUT2D eigenvalue weighted by Crippen LogP contribution is 2.24. The summed E-state index contributed by atoms with van der Waals surface area (Å²) in [7, 11) is 0. The van der Waals surface area contributed by atoms with Crippen molar-refractivity contribution < 1.29 is 4.74 Å². The molecule has 0 radical (unpaired) electrons. The zero-order valence-corrected chi connectivity index (χ0v) is 13.1. The van der Waals surface area contributed by atoms with Gasteiger partial charge in [0.25, 0.3) is 0 Å². The standard InChI is InChI=1S/C18H20OS/c1-14-12-15(2)18(16(3)13-14)19-10-6-4-5-8-17-9-7-11-20-17/h7,9,11-13H,4,6,10H2,1-3H3. The lowest BCUT2D eigenvalue weighted by molar-refractivity contribution is 0.309. The van der Waals surface area contributed by atoms with Gasteiger partial charge in [-0.05, 0) is 49.8 Å². The quantitative estimate of drug-likeness (QED) is 0.574. The van der Waals surface area contributed by atoms with Crippen molar-refractivity contribution in [3.63, 3.8) is 0 Å². The Bertz CT molecular complexity index is 592. The van der Waals surface area contributed by atoms with Crippen molar-refractivity contribution in [3.8, 4) is 17.6 Å². The normalized spacial score (nSPS) is 9.95. The molecule has 0 saturated carbocycles. The largest absolute Gasteiger partial charge is 0.493 e. The number of hydrogen-bond acceptors (Lipinski definition) is 2. The van der Waals surface area contributed by atoms with Crippen LogP contribution in [-0.4, -0.2) is 6.61 Å². The fourth-order valence-corrected chi connectivity index (χ4v) is 2.82. The molecular formula is C18H20OS. The second kappa shape index (κ2) is 7.17. The second-order valence-electron chi connectivity index (χ2n) is 4.96. The van der Waals surface area contributed by atoms with Gasteiger partial charge in [0.05, 0.1) is 11.5 Å². The molecule has 0 unspecified atom stereocenters. The first-order valence-electron chi connectivity index (χ1n) is 6.90. The highest BCUT2D eigenvalue weighted by atomic mass is 32.1. The minimum atomic E-state index is 0.726. The lowest BCUT2D eigenvalue weighted by Crippen LogP contribution is -2.00. The number of rotatable bonds is 4. The summed E-state index contributed by atoms with van der Waals surface area (Å²) in [6.45, 7) is 7.05. The molecule has 1 nitrogen and oxygen atoms in total. The monoisotopic (exact) mass is 284 g/mol. The molecule has 2 heteroatoms. The third-order valence-corrected chi connectivity index (χ3v) is 3.82. The van der Waals surface area contributed by atoms with Crippen molar-refractivity contribution in [2.75, 3.05) is 6.61 Å². The van der Waals surface area contributed by atoms with Gasteiger partial charge in [-0.1, -0.05) is 35.6 Å². The average molecular weight is 284 g/mol. The molecule has 2 rings (SSSR count). The Labute approximate surface area is 125 Å². The number of benzene rings is 1. The predicted molar refractivity (Wildman–Crippen MR) is 86.6 cm³/mol. The zero-order valence-electron chi connectivity index (χ0n) is 12.3. The van der Waals surface area contributed by atoms with E-state index in [4.69, 9.17) is 4.74 Å². The van der Waals surface area contributed by atoms with E-state index in [1.165, 1.54) is 16.7 Å². The van der Waals surface area contributed by atoms with Gasteiger partial charge >= 0.3 is 0 Å². The Morgan fingerprint density at radius 2 is 1.90 bits per heavy atom. The molecule has 0 bridgehead atoms. The molecule has 2 aromatic rings. The lowest BCUT2D eigenvalue weighted by atomic mass is 10.1. The molecule has 20 heavy (non-hydrogen) atoms. The van der Waals surface area contributed by atoms with Crippen LogP contribution >= 0.6 is 11.3 Å². The number of unbranched alkanes of at least 4 members (excludes halogenated alkanes) is 1. The summed E-state index contributed by atoms with van der Waals surface area (Å²) in [6, 6.07) is 8.41. The summed E-state index contributed by atoms with van der Waals surface area (Å²) in [5, 5.41) is 2.05. The number of ether oxygens (including phenoxy) is 1. The van der Waals surface area contributed by atoms with E-state index in [9.17, 15) is 0 Å². The first-order chi connectivity index (χ1) is 9.66. The van der Waals surface area contributed by atoms with Crippen molar-refractivity contribution in [1.29, 1.82) is 0 Å². The molecule has 0 atom stereocenters. The number of aryl methyl sites for hydroxylation is 3. The maximum Gasteiger partial charge on any atom is 0.125 e. The highest BCUT2D eigenvalue weighted by Gasteiger charge is 2.04. The molecule has 0 N–H and O–H groups in total. The zero-order chi connectivity index (χ0) is 14.4. The van der Waals surface area contributed by atoms with Crippen LogP contribution in [-0.2, 0) is 0 Å². The Hall–Kier alpha value is -1.72. The van der Waals surface area contributed by atoms with Crippen LogP contribution < -0.4 is 4.74 Å². The van der Waals surface area contributed by atoms with Crippen LogP contribution in [0.15, 0.2) is 29.6 Å². The van der Waals surface area contributed by atoms with Crippen LogP contribution in [0, 0.1) is 32.6 Å². The molecule has 0 spiro atoms. The molecular weight excluding hydrogens is 264 g/mol. The second-order valence-corrected chi connectivity index (χ2v) is 5.91. The first kappa shape index (κ1) is 14.7. The van der Waals surface area contributed by atoms with E-state index in [1.54, 1.807) is 11.3 Å². The van der Waals surface area contributed by atoms with E-state index in [1.807, 2.05) is 12.1 Å². The molecule has 1 aromatic heterocycles. The summed E-state index contributed by atoms with van der Waals surface area (Å²) >= 11 is 1.68. The predicted octanol–water partition coefficient (Wildman–Crippen LogP) is 4.88. The Morgan fingerprint density at radius 3 is 2.55 bits per heavy atom. The van der Waals surface area contributed by atoms with Crippen molar-refractivity contribution in [1.82, 2.24) is 0 Å². The summed E-state index contributed by atoms with van der Waals surface area (Å²) in [6.07, 6.45) is 1.84. The van der Waals surface area contributed by atoms with Crippen LogP contribution in [0.25, 0.3) is 0 Å². The van der Waals surface area contributed by atoms with Gasteiger partial charge in [0.15, 0.2) is 0 Å². The van der Waals surface area contributed by atoms with Crippen molar-refractivity contribution >= 4 is 11.3 Å². The van der Waals surface area contributed by atoms with Crippen molar-refractivity contribution in [2.45, 2.75) is 33.6 Å². The number of hydrogen-bond donors (Lipinski definition) is 0. The lowest BCUT2D eigenvalue weighted by Gasteiger charge is -2.12. The van der Waals surface area contributed by atoms with E-state index in [-0.39, 0.29) is 0 Å². The maximum atomic E-state index is 5.89. The van der Waals surface area contributed by atoms with Gasteiger partial charge in [-0.15, -0.1) is 11.3 Å². The Kier molecular flexibility index (Phi) is 5.26. The summed E-state index contributed by atoms with van der Waals surface area (Å²) in [5.74, 6) is 7.39. The molecule has 0 aliphatic rings. The fourth-order valence-electron chi connectivity index (χ4n) is 2.23. The van der Waals surface area contributed by atoms with Crippen LogP contribution in [0.4, 0.5) is 0 Å². The van der Waals surface area contributed by atoms with Gasteiger partial charge < -0.3 is 4.74 Å². The molecule has 0 amide bonds. The topological polar surface area (TPSA) is 9.23 Å². The summed E-state index contributed by atoms with van der Waals surface area (Å²) in [4.78, 5) is 1.14. The molecule has 0 aliphatic carbocycles. The molecule has 1 aromatic carbocycles. The van der Waals surface area contributed by atoms with Crippen LogP contribution in [0.3, 0.4) is 0 Å². The average Bonchev–Trinajstić information content (AvgIpc) is 2.89. The third kappa shape index (κ3) is 4.15. The van der Waals surface area contributed by atoms with Gasteiger partial charge in [-0.25, -0.2) is 0 Å². The third-order valence-electron chi connectivity index (χ3n) is 3.03. The van der Waals surface area contributed by atoms with Gasteiger partial charge in [-0.3, -0.25) is 0 Å². The summed E-state index contributed by atoms with van der Waals surface area (Å²) in [5.41, 5.74) is 3.72. The fraction of sp³-hybridized carbons (Fsp3) is 0.333. The van der Waals surface area contributed by atoms with Gasteiger partial charge in [0.1, 0.15) is 5.75 Å². The molecule has 0 aliphatic heterocycles. The number of thiophene rings is 1. The van der Waals surface area contributed by atoms with E-state index >= 15 is 0 Å². The minimum absolute atomic E-state index is 0.726. The van der Waals surface area contributed by atoms with E-state index < -0.39 is 0 Å². The minimum Gasteiger partial charge on any atom is -0.493 e. The Morgan fingerprint density at radius 1 is 1.15 bits per heavy atom. The van der Waals surface area contributed by atoms with Crippen molar-refractivity contribution in [3.05, 3.63) is 51.2 Å². The molecule has 0 saturated heterocycles. The Balaban J connectivity index is 1.79. The first-order valence-corrected chi connectivity index (χ1v) is 7.78. The van der Waals surface area contributed by atoms with Gasteiger partial charge in [-0.2, -0.15) is 0 Å². The molecule has 1 heterocycles. The van der Waals surface area contributed by atoms with E-state index in [0.29, 0.717) is 0 Å². The van der Waals surface area contributed by atoms with Crippen LogP contribution in [0.1, 0.15) is 34.4 Å².